The van der Waals surface area contributed by atoms with Gasteiger partial charge in [-0.1, -0.05) is 18.7 Å². The third kappa shape index (κ3) is 6.53. The Balaban J connectivity index is 2.33. The molecule has 8 heteroatoms. The molecule has 0 fully saturated rings. The van der Waals surface area contributed by atoms with E-state index >= 15 is 0 Å². The minimum atomic E-state index is -0.251. The molecule has 7 nitrogen and oxygen atoms in total. The van der Waals surface area contributed by atoms with Crippen LogP contribution in [0.1, 0.15) is 27.2 Å². The highest BCUT2D eigenvalue weighted by Crippen LogP contribution is 2.13. The summed E-state index contributed by atoms with van der Waals surface area (Å²) >= 11 is 1.29. The highest BCUT2D eigenvalue weighted by atomic mass is 32.2. The molecule has 0 aromatic carbocycles. The third-order valence-corrected chi connectivity index (χ3v) is 3.04. The van der Waals surface area contributed by atoms with Crippen LogP contribution < -0.4 is 5.32 Å². The monoisotopic (exact) mass is 287 g/mol. The first-order chi connectivity index (χ1) is 9.13. The molecule has 1 aromatic heterocycles. The number of nitrogens with one attached hydrogen (secondary N) is 1. The first-order valence-corrected chi connectivity index (χ1v) is 7.41. The molecule has 1 heterocycles. The second kappa shape index (κ2) is 8.87. The minimum absolute atomic E-state index is 0.0951. The van der Waals surface area contributed by atoms with Crippen LogP contribution in [0.4, 0.5) is 0 Å². The molecule has 0 saturated heterocycles. The topological polar surface area (TPSA) is 81.9 Å². The molecule has 1 aromatic rings. The average Bonchev–Trinajstić information content (AvgIpc) is 2.79. The molecule has 0 atom stereocenters. The van der Waals surface area contributed by atoms with Gasteiger partial charge >= 0.3 is 5.97 Å². The van der Waals surface area contributed by atoms with Crippen molar-refractivity contribution >= 4 is 17.7 Å². The number of rotatable bonds is 9. The van der Waals surface area contributed by atoms with Gasteiger partial charge in [0.15, 0.2) is 0 Å². The number of hydrogen-bond donors (Lipinski definition) is 1. The van der Waals surface area contributed by atoms with Gasteiger partial charge in [0.05, 0.1) is 18.4 Å². The van der Waals surface area contributed by atoms with Gasteiger partial charge in [0, 0.05) is 6.54 Å². The van der Waals surface area contributed by atoms with Crippen molar-refractivity contribution < 1.29 is 9.53 Å². The fraction of sp³-hybridized carbons (Fsp3) is 0.818. The van der Waals surface area contributed by atoms with Gasteiger partial charge in [-0.3, -0.25) is 4.79 Å². The highest BCUT2D eigenvalue weighted by molar-refractivity contribution is 7.99. The summed E-state index contributed by atoms with van der Waals surface area (Å²) in [4.78, 5) is 11.4. The zero-order valence-corrected chi connectivity index (χ0v) is 12.4. The van der Waals surface area contributed by atoms with Crippen molar-refractivity contribution in [1.82, 2.24) is 25.5 Å². The fourth-order valence-electron chi connectivity index (χ4n) is 1.35. The van der Waals surface area contributed by atoms with Crippen LogP contribution in [0.3, 0.4) is 0 Å². The van der Waals surface area contributed by atoms with Crippen molar-refractivity contribution in [3.63, 3.8) is 0 Å². The van der Waals surface area contributed by atoms with Gasteiger partial charge in [-0.25, -0.2) is 4.68 Å². The van der Waals surface area contributed by atoms with E-state index in [-0.39, 0.29) is 17.8 Å². The lowest BCUT2D eigenvalue weighted by Crippen LogP contribution is -2.21. The molecule has 0 saturated carbocycles. The predicted molar refractivity (Wildman–Crippen MR) is 72.9 cm³/mol. The maximum absolute atomic E-state index is 11.4. The van der Waals surface area contributed by atoms with Gasteiger partial charge in [-0.15, -0.1) is 5.10 Å². The summed E-state index contributed by atoms with van der Waals surface area (Å²) in [7, 11) is 0. The van der Waals surface area contributed by atoms with E-state index in [4.69, 9.17) is 4.74 Å². The summed E-state index contributed by atoms with van der Waals surface area (Å²) in [5, 5.41) is 15.3. The Morgan fingerprint density at radius 3 is 2.95 bits per heavy atom. The molecule has 0 spiro atoms. The van der Waals surface area contributed by atoms with Gasteiger partial charge in [0.25, 0.3) is 0 Å². The summed E-state index contributed by atoms with van der Waals surface area (Å²) < 4.78 is 6.74. The number of aromatic nitrogens is 4. The first kappa shape index (κ1) is 15.9. The minimum Gasteiger partial charge on any atom is -0.462 e. The number of carbonyl (C=O) groups excluding carboxylic acids is 1. The van der Waals surface area contributed by atoms with E-state index in [0.717, 1.165) is 19.5 Å². The molecular formula is C11H21N5O2S. The molecule has 0 bridgehead atoms. The normalized spacial score (nSPS) is 10.9. The van der Waals surface area contributed by atoms with E-state index in [1.165, 1.54) is 11.8 Å². The average molecular weight is 287 g/mol. The molecule has 0 aliphatic rings. The largest absolute Gasteiger partial charge is 0.462 e. The van der Waals surface area contributed by atoms with E-state index in [2.05, 4.69) is 27.8 Å². The fourth-order valence-corrected chi connectivity index (χ4v) is 2.03. The number of hydrogen-bond acceptors (Lipinski definition) is 7. The molecular weight excluding hydrogens is 266 g/mol. The van der Waals surface area contributed by atoms with Gasteiger partial charge < -0.3 is 10.1 Å². The summed E-state index contributed by atoms with van der Waals surface area (Å²) in [6, 6.07) is 0. The van der Waals surface area contributed by atoms with Crippen LogP contribution in [-0.4, -0.2) is 51.1 Å². The van der Waals surface area contributed by atoms with Crippen molar-refractivity contribution in [2.45, 2.75) is 45.0 Å². The van der Waals surface area contributed by atoms with Crippen LogP contribution in [0.5, 0.6) is 0 Å². The molecule has 0 radical (unpaired) electrons. The van der Waals surface area contributed by atoms with Crippen molar-refractivity contribution in [3.05, 3.63) is 0 Å². The molecule has 1 rings (SSSR count). The van der Waals surface area contributed by atoms with Crippen LogP contribution in [0, 0.1) is 0 Å². The van der Waals surface area contributed by atoms with Crippen LogP contribution in [0.2, 0.25) is 0 Å². The smallest absolute Gasteiger partial charge is 0.316 e. The quantitative estimate of drug-likeness (QED) is 0.407. The first-order valence-electron chi connectivity index (χ1n) is 6.42. The lowest BCUT2D eigenvalue weighted by molar-refractivity contribution is -0.144. The predicted octanol–water partition coefficient (Wildman–Crippen LogP) is 0.716. The second-order valence-electron chi connectivity index (χ2n) is 4.26. The highest BCUT2D eigenvalue weighted by Gasteiger charge is 2.11. The summed E-state index contributed by atoms with van der Waals surface area (Å²) in [6.45, 7) is 8.24. The summed E-state index contributed by atoms with van der Waals surface area (Å²) in [5.74, 6) is -0.0281. The van der Waals surface area contributed by atoms with E-state index in [9.17, 15) is 4.79 Å². The van der Waals surface area contributed by atoms with Crippen LogP contribution in [0.25, 0.3) is 0 Å². The van der Waals surface area contributed by atoms with Crippen LogP contribution in [-0.2, 0) is 16.1 Å². The number of carbonyl (C=O) groups is 1. The van der Waals surface area contributed by atoms with Gasteiger partial charge in [-0.2, -0.15) is 0 Å². The number of esters is 1. The number of ether oxygens (including phenoxy) is 1. The molecule has 0 unspecified atom stereocenters. The van der Waals surface area contributed by atoms with E-state index < -0.39 is 0 Å². The molecule has 0 amide bonds. The lowest BCUT2D eigenvalue weighted by Gasteiger charge is -2.07. The molecule has 0 aliphatic heterocycles. The molecule has 0 aliphatic carbocycles. The van der Waals surface area contributed by atoms with Crippen molar-refractivity contribution in [3.8, 4) is 0 Å². The van der Waals surface area contributed by atoms with Gasteiger partial charge in [0.1, 0.15) is 0 Å². The number of thioether (sulfide) groups is 1. The Kier molecular flexibility index (Phi) is 7.42. The van der Waals surface area contributed by atoms with Crippen molar-refractivity contribution in [1.29, 1.82) is 0 Å². The maximum atomic E-state index is 11.4. The summed E-state index contributed by atoms with van der Waals surface area (Å²) in [6.07, 6.45) is 1.00. The van der Waals surface area contributed by atoms with Gasteiger partial charge in [0.2, 0.25) is 5.16 Å². The van der Waals surface area contributed by atoms with Gasteiger partial charge in [-0.05, 0) is 37.2 Å². The standard InChI is InChI=1S/C11H21N5O2S/c1-4-5-12-6-7-16-11(13-14-15-16)19-8-10(17)18-9(2)3/h9,12H,4-8H2,1-3H3. The number of nitrogens with zero attached hydrogens (tertiary/aromatic N) is 4. The summed E-state index contributed by atoms with van der Waals surface area (Å²) in [5.41, 5.74) is 0. The molecule has 108 valence electrons. The Labute approximate surface area is 117 Å². The Bertz CT molecular complexity index is 383. The van der Waals surface area contributed by atoms with Crippen LogP contribution >= 0.6 is 11.8 Å². The SMILES string of the molecule is CCCNCCn1nnnc1SCC(=O)OC(C)C. The Morgan fingerprint density at radius 1 is 1.47 bits per heavy atom. The van der Waals surface area contributed by atoms with Crippen LogP contribution in [0.15, 0.2) is 5.16 Å². The molecule has 19 heavy (non-hydrogen) atoms. The Hall–Kier alpha value is -1.15. The van der Waals surface area contributed by atoms with Crippen molar-refractivity contribution in [2.75, 3.05) is 18.8 Å². The maximum Gasteiger partial charge on any atom is 0.316 e. The van der Waals surface area contributed by atoms with E-state index in [1.54, 1.807) is 4.68 Å². The lowest BCUT2D eigenvalue weighted by atomic mass is 10.5. The Morgan fingerprint density at radius 2 is 2.26 bits per heavy atom. The number of tetrazole rings is 1. The zero-order valence-electron chi connectivity index (χ0n) is 11.6. The van der Waals surface area contributed by atoms with E-state index in [0.29, 0.717) is 11.7 Å². The van der Waals surface area contributed by atoms with E-state index in [1.807, 2.05) is 13.8 Å². The molecule has 1 N–H and O–H groups in total. The third-order valence-electron chi connectivity index (χ3n) is 2.11. The zero-order chi connectivity index (χ0) is 14.1. The van der Waals surface area contributed by atoms with Crippen molar-refractivity contribution in [2.24, 2.45) is 0 Å². The second-order valence-corrected chi connectivity index (χ2v) is 5.20.